The summed E-state index contributed by atoms with van der Waals surface area (Å²) in [6, 6.07) is 13.8. The topological polar surface area (TPSA) is 42.5 Å². The van der Waals surface area contributed by atoms with Crippen LogP contribution in [-0.4, -0.2) is 24.9 Å². The molecule has 4 nitrogen and oxygen atoms in total. The van der Waals surface area contributed by atoms with E-state index < -0.39 is 0 Å². The first-order valence-electron chi connectivity index (χ1n) is 7.89. The van der Waals surface area contributed by atoms with Crippen molar-refractivity contribution in [2.45, 2.75) is 26.8 Å². The van der Waals surface area contributed by atoms with Crippen molar-refractivity contribution >= 4 is 23.0 Å². The number of thiocarbonyl (C=S) groups is 1. The number of methoxy groups -OCH3 is 1. The van der Waals surface area contributed by atoms with Gasteiger partial charge in [-0.1, -0.05) is 17.7 Å². The summed E-state index contributed by atoms with van der Waals surface area (Å²) in [5.74, 6) is 1.62. The zero-order valence-corrected chi connectivity index (χ0v) is 15.4. The summed E-state index contributed by atoms with van der Waals surface area (Å²) in [6.45, 7) is 6.68. The lowest BCUT2D eigenvalue weighted by molar-refractivity contribution is 0.286. The van der Waals surface area contributed by atoms with Crippen molar-refractivity contribution in [2.24, 2.45) is 0 Å². The van der Waals surface area contributed by atoms with Crippen LogP contribution in [-0.2, 0) is 0 Å². The first kappa shape index (κ1) is 18.1. The van der Waals surface area contributed by atoms with Crippen LogP contribution < -0.4 is 20.1 Å². The average molecular weight is 344 g/mol. The second-order valence-electron chi connectivity index (χ2n) is 5.80. The third kappa shape index (κ3) is 5.42. The number of hydrogen-bond donors (Lipinski definition) is 2. The van der Waals surface area contributed by atoms with E-state index in [1.54, 1.807) is 7.11 Å². The summed E-state index contributed by atoms with van der Waals surface area (Å²) in [5.41, 5.74) is 3.42. The molecule has 0 heterocycles. The van der Waals surface area contributed by atoms with E-state index in [9.17, 15) is 0 Å². The molecule has 24 heavy (non-hydrogen) atoms. The van der Waals surface area contributed by atoms with Crippen LogP contribution in [0.3, 0.4) is 0 Å². The number of aryl methyl sites for hydroxylation is 2. The van der Waals surface area contributed by atoms with Crippen molar-refractivity contribution in [3.8, 4) is 11.5 Å². The molecule has 0 saturated carbocycles. The molecule has 0 radical (unpaired) electrons. The largest absolute Gasteiger partial charge is 0.497 e. The minimum absolute atomic E-state index is 0.0813. The minimum Gasteiger partial charge on any atom is -0.497 e. The number of hydrogen-bond acceptors (Lipinski definition) is 3. The maximum Gasteiger partial charge on any atom is 0.171 e. The molecule has 2 aromatic carbocycles. The van der Waals surface area contributed by atoms with E-state index in [2.05, 4.69) is 36.6 Å². The quantitative estimate of drug-likeness (QED) is 0.774. The molecule has 0 spiro atoms. The van der Waals surface area contributed by atoms with Crippen molar-refractivity contribution < 1.29 is 9.47 Å². The molecule has 0 saturated heterocycles. The standard InChI is InChI=1S/C19H24N2O2S/c1-13-5-10-18(14(2)11-13)21-19(24)20-15(3)12-23-17-8-6-16(22-4)7-9-17/h5-11,15H,12H2,1-4H3,(H2,20,21,24)/t15-/m1/s1. The zero-order chi connectivity index (χ0) is 17.5. The Morgan fingerprint density at radius 2 is 1.75 bits per heavy atom. The molecule has 0 fully saturated rings. The highest BCUT2D eigenvalue weighted by Gasteiger charge is 2.07. The van der Waals surface area contributed by atoms with E-state index >= 15 is 0 Å². The Kier molecular flexibility index (Phi) is 6.44. The van der Waals surface area contributed by atoms with E-state index in [0.29, 0.717) is 11.7 Å². The smallest absolute Gasteiger partial charge is 0.171 e. The summed E-state index contributed by atoms with van der Waals surface area (Å²) in [4.78, 5) is 0. The molecule has 2 N–H and O–H groups in total. The van der Waals surface area contributed by atoms with Gasteiger partial charge < -0.3 is 20.1 Å². The number of rotatable bonds is 6. The van der Waals surface area contributed by atoms with Gasteiger partial charge in [-0.2, -0.15) is 0 Å². The maximum absolute atomic E-state index is 5.75. The molecule has 0 aliphatic rings. The van der Waals surface area contributed by atoms with Crippen molar-refractivity contribution in [3.05, 3.63) is 53.6 Å². The summed E-state index contributed by atoms with van der Waals surface area (Å²) < 4.78 is 10.9. The van der Waals surface area contributed by atoms with E-state index in [1.165, 1.54) is 11.1 Å². The highest BCUT2D eigenvalue weighted by Crippen LogP contribution is 2.17. The van der Waals surface area contributed by atoms with Crippen LogP contribution in [0.1, 0.15) is 18.1 Å². The summed E-state index contributed by atoms with van der Waals surface area (Å²) >= 11 is 5.37. The molecule has 1 atom stereocenters. The fourth-order valence-electron chi connectivity index (χ4n) is 2.27. The molecular weight excluding hydrogens is 320 g/mol. The van der Waals surface area contributed by atoms with Crippen molar-refractivity contribution in [2.75, 3.05) is 19.0 Å². The SMILES string of the molecule is COc1ccc(OC[C@@H](C)NC(=S)Nc2ccc(C)cc2C)cc1. The highest BCUT2D eigenvalue weighted by atomic mass is 32.1. The molecule has 0 amide bonds. The first-order chi connectivity index (χ1) is 11.5. The molecule has 2 rings (SSSR count). The fourth-order valence-corrected chi connectivity index (χ4v) is 2.58. The van der Waals surface area contributed by atoms with Crippen LogP contribution in [0.15, 0.2) is 42.5 Å². The molecule has 0 unspecified atom stereocenters. The molecular formula is C19H24N2O2S. The van der Waals surface area contributed by atoms with Gasteiger partial charge in [-0.05, 0) is 68.9 Å². The fraction of sp³-hybridized carbons (Fsp3) is 0.316. The third-order valence-electron chi connectivity index (χ3n) is 3.57. The Morgan fingerprint density at radius 1 is 1.08 bits per heavy atom. The molecule has 128 valence electrons. The van der Waals surface area contributed by atoms with Crippen LogP contribution >= 0.6 is 12.2 Å². The van der Waals surface area contributed by atoms with Crippen LogP contribution in [0.25, 0.3) is 0 Å². The van der Waals surface area contributed by atoms with Crippen molar-refractivity contribution in [1.29, 1.82) is 0 Å². The highest BCUT2D eigenvalue weighted by molar-refractivity contribution is 7.80. The second kappa shape index (κ2) is 8.55. The molecule has 0 aliphatic heterocycles. The van der Waals surface area contributed by atoms with Crippen LogP contribution in [0.4, 0.5) is 5.69 Å². The summed E-state index contributed by atoms with van der Waals surface area (Å²) in [7, 11) is 1.64. The number of nitrogens with one attached hydrogen (secondary N) is 2. The summed E-state index contributed by atoms with van der Waals surface area (Å²) in [6.07, 6.45) is 0. The van der Waals surface area contributed by atoms with Gasteiger partial charge in [-0.25, -0.2) is 0 Å². The normalized spacial score (nSPS) is 11.5. The lowest BCUT2D eigenvalue weighted by Crippen LogP contribution is -2.39. The molecule has 5 heteroatoms. The number of anilines is 1. The Bertz CT molecular complexity index is 686. The molecule has 0 bridgehead atoms. The Hall–Kier alpha value is -2.27. The lowest BCUT2D eigenvalue weighted by Gasteiger charge is -2.18. The first-order valence-corrected chi connectivity index (χ1v) is 8.30. The lowest BCUT2D eigenvalue weighted by atomic mass is 10.1. The number of ether oxygens (including phenoxy) is 2. The van der Waals surface area contributed by atoms with Gasteiger partial charge in [0.1, 0.15) is 18.1 Å². The van der Waals surface area contributed by atoms with Gasteiger partial charge >= 0.3 is 0 Å². The monoisotopic (exact) mass is 344 g/mol. The van der Waals surface area contributed by atoms with Gasteiger partial charge in [-0.3, -0.25) is 0 Å². The predicted molar refractivity (Wildman–Crippen MR) is 103 cm³/mol. The minimum atomic E-state index is 0.0813. The second-order valence-corrected chi connectivity index (χ2v) is 6.21. The summed E-state index contributed by atoms with van der Waals surface area (Å²) in [5, 5.41) is 7.05. The Balaban J connectivity index is 1.80. The van der Waals surface area contributed by atoms with E-state index in [-0.39, 0.29) is 6.04 Å². The van der Waals surface area contributed by atoms with E-state index in [4.69, 9.17) is 21.7 Å². The molecule has 2 aromatic rings. The van der Waals surface area contributed by atoms with E-state index in [0.717, 1.165) is 17.2 Å². The van der Waals surface area contributed by atoms with Crippen molar-refractivity contribution in [3.63, 3.8) is 0 Å². The van der Waals surface area contributed by atoms with Gasteiger partial charge in [0.15, 0.2) is 5.11 Å². The maximum atomic E-state index is 5.75. The Labute approximate surface area is 149 Å². The molecule has 0 aromatic heterocycles. The van der Waals surface area contributed by atoms with Gasteiger partial charge in [-0.15, -0.1) is 0 Å². The van der Waals surface area contributed by atoms with E-state index in [1.807, 2.05) is 37.3 Å². The third-order valence-corrected chi connectivity index (χ3v) is 3.79. The van der Waals surface area contributed by atoms with Gasteiger partial charge in [0.25, 0.3) is 0 Å². The van der Waals surface area contributed by atoms with Crippen LogP contribution in [0.5, 0.6) is 11.5 Å². The number of benzene rings is 2. The molecule has 0 aliphatic carbocycles. The van der Waals surface area contributed by atoms with Gasteiger partial charge in [0.2, 0.25) is 0 Å². The zero-order valence-electron chi connectivity index (χ0n) is 14.6. The Morgan fingerprint density at radius 3 is 2.38 bits per heavy atom. The predicted octanol–water partition coefficient (Wildman–Crippen LogP) is 4.07. The van der Waals surface area contributed by atoms with Crippen LogP contribution in [0, 0.1) is 13.8 Å². The van der Waals surface area contributed by atoms with Crippen LogP contribution in [0.2, 0.25) is 0 Å². The van der Waals surface area contributed by atoms with Gasteiger partial charge in [0, 0.05) is 5.69 Å². The van der Waals surface area contributed by atoms with Crippen molar-refractivity contribution in [1.82, 2.24) is 5.32 Å². The average Bonchev–Trinajstić information content (AvgIpc) is 2.56. The van der Waals surface area contributed by atoms with Gasteiger partial charge in [0.05, 0.1) is 13.2 Å².